The molecule has 1 aliphatic heterocycles. The van der Waals surface area contributed by atoms with Gasteiger partial charge in [-0.15, -0.1) is 0 Å². The quantitative estimate of drug-likeness (QED) is 0.334. The van der Waals surface area contributed by atoms with Crippen LogP contribution in [0.25, 0.3) is 0 Å². The van der Waals surface area contributed by atoms with Crippen LogP contribution in [-0.2, 0) is 4.74 Å². The first-order valence-corrected chi connectivity index (χ1v) is 10.8. The van der Waals surface area contributed by atoms with Gasteiger partial charge in [0.15, 0.2) is 0 Å². The number of nitrogens with two attached hydrogens (primary N) is 1. The molecule has 0 aromatic rings. The van der Waals surface area contributed by atoms with Crippen molar-refractivity contribution in [1.82, 2.24) is 0 Å². The molecule has 27 heavy (non-hydrogen) atoms. The van der Waals surface area contributed by atoms with Gasteiger partial charge in [-0.25, -0.2) is 4.99 Å². The van der Waals surface area contributed by atoms with Crippen molar-refractivity contribution in [2.45, 2.75) is 95.1 Å². The number of hydrogen-bond acceptors (Lipinski definition) is 4. The lowest BCUT2D eigenvalue weighted by atomic mass is 9.51. The molecule has 5 heteroatoms. The Kier molecular flexibility index (Phi) is 5.75. The summed E-state index contributed by atoms with van der Waals surface area (Å²) in [6, 6.07) is 0.0329. The third-order valence-corrected chi connectivity index (χ3v) is 8.08. The summed E-state index contributed by atoms with van der Waals surface area (Å²) in [5, 5.41) is 15.8. The van der Waals surface area contributed by atoms with E-state index in [9.17, 15) is 5.11 Å². The maximum Gasteiger partial charge on any atom is 0.111 e. The van der Waals surface area contributed by atoms with Crippen molar-refractivity contribution in [2.24, 2.45) is 22.7 Å². The molecule has 3 aliphatic rings. The number of aliphatic imine (C=N–C) groups is 1. The maximum absolute atomic E-state index is 11.2. The Bertz CT molecular complexity index is 644. The molecular formula is C22H36N2O2S. The lowest BCUT2D eigenvalue weighted by Gasteiger charge is -2.58. The summed E-state index contributed by atoms with van der Waals surface area (Å²) in [7, 11) is 4.11. The normalized spacial score (nSPS) is 49.9. The highest BCUT2D eigenvalue weighted by atomic mass is 32.1. The van der Waals surface area contributed by atoms with Crippen LogP contribution in [0.2, 0.25) is 0 Å². The average molecular weight is 393 g/mol. The Labute approximate surface area is 169 Å². The van der Waals surface area contributed by atoms with E-state index < -0.39 is 5.60 Å². The second-order valence-corrected chi connectivity index (χ2v) is 10.0. The zero-order valence-corrected chi connectivity index (χ0v) is 18.1. The molecule has 0 spiro atoms. The molecule has 0 aromatic heterocycles. The number of rotatable bonds is 4. The van der Waals surface area contributed by atoms with Crippen LogP contribution in [0, 0.1) is 24.8 Å². The number of isothiocyanates is 1. The van der Waals surface area contributed by atoms with Crippen molar-refractivity contribution in [3.63, 3.8) is 0 Å². The molecule has 3 N–H and O–H groups in total. The number of quaternary nitrogens is 1. The minimum atomic E-state index is -0.733. The zero-order valence-electron chi connectivity index (χ0n) is 17.3. The monoisotopic (exact) mass is 392 g/mol. The largest absolute Gasteiger partial charge is 0.474 e. The first-order valence-electron chi connectivity index (χ1n) is 10.4. The molecule has 0 amide bonds. The zero-order chi connectivity index (χ0) is 20.0. The lowest BCUT2D eigenvalue weighted by molar-refractivity contribution is -0.666. The Balaban J connectivity index is 2.00. The standard InChI is InChI=1S/C22H36N2O2S/c1-14(2)17-9-12-22(5,26-17)16-7-10-20(3,24-13-27)15-8-11-21(4,25)19(23-6)18(15)16/h15-19,25H,1,6-12,23H2,2-5H3/t15-,16-,17-,18-,19+,20-,21+,22+/m0/s1. The molecule has 8 atom stereocenters. The van der Waals surface area contributed by atoms with E-state index in [1.165, 1.54) is 0 Å². The highest BCUT2D eigenvalue weighted by Crippen LogP contribution is 2.57. The highest BCUT2D eigenvalue weighted by Gasteiger charge is 2.61. The van der Waals surface area contributed by atoms with Gasteiger partial charge < -0.3 is 15.2 Å². The molecule has 0 unspecified atom stereocenters. The van der Waals surface area contributed by atoms with Crippen molar-refractivity contribution in [1.29, 1.82) is 0 Å². The van der Waals surface area contributed by atoms with Crippen LogP contribution in [0.4, 0.5) is 0 Å². The third kappa shape index (κ3) is 3.58. The van der Waals surface area contributed by atoms with Crippen LogP contribution in [-0.4, -0.2) is 39.2 Å². The number of aliphatic hydroxyl groups is 1. The first kappa shape index (κ1) is 21.1. The fourth-order valence-corrected chi connectivity index (χ4v) is 6.61. The number of ether oxygens (including phenoxy) is 1. The van der Waals surface area contributed by atoms with Crippen LogP contribution in [0.5, 0.6) is 0 Å². The van der Waals surface area contributed by atoms with E-state index >= 15 is 0 Å². The second-order valence-electron chi connectivity index (χ2n) is 9.85. The predicted octanol–water partition coefficient (Wildman–Crippen LogP) is 3.27. The van der Waals surface area contributed by atoms with Crippen molar-refractivity contribution >= 4 is 17.4 Å². The van der Waals surface area contributed by atoms with Gasteiger partial charge in [0.2, 0.25) is 0 Å². The summed E-state index contributed by atoms with van der Waals surface area (Å²) in [6.07, 6.45) is 5.96. The lowest BCUT2D eigenvalue weighted by Crippen LogP contribution is -2.93. The number of thiocarbonyl (C=S) groups is 1. The van der Waals surface area contributed by atoms with E-state index in [1.54, 1.807) is 0 Å². The topological polar surface area (TPSA) is 58.4 Å². The van der Waals surface area contributed by atoms with Crippen molar-refractivity contribution < 1.29 is 15.2 Å². The molecule has 3 fully saturated rings. The molecule has 0 aromatic carbocycles. The first-order chi connectivity index (χ1) is 12.6. The van der Waals surface area contributed by atoms with Crippen LogP contribution in [0.15, 0.2) is 17.1 Å². The fourth-order valence-electron chi connectivity index (χ4n) is 6.40. The average Bonchev–Trinajstić information content (AvgIpc) is 2.98. The van der Waals surface area contributed by atoms with Crippen LogP contribution in [0.3, 0.4) is 0 Å². The van der Waals surface area contributed by atoms with Gasteiger partial charge in [-0.2, -0.15) is 7.05 Å². The third-order valence-electron chi connectivity index (χ3n) is 7.99. The molecule has 1 heterocycles. The van der Waals surface area contributed by atoms with E-state index in [4.69, 9.17) is 17.0 Å². The van der Waals surface area contributed by atoms with Gasteiger partial charge in [-0.1, -0.05) is 12.2 Å². The van der Waals surface area contributed by atoms with Gasteiger partial charge in [0.25, 0.3) is 0 Å². The summed E-state index contributed by atoms with van der Waals surface area (Å²) in [5.41, 5.74) is -0.0196. The van der Waals surface area contributed by atoms with Gasteiger partial charge in [0, 0.05) is 5.92 Å². The molecule has 152 valence electrons. The van der Waals surface area contributed by atoms with Gasteiger partial charge in [-0.3, -0.25) is 0 Å². The van der Waals surface area contributed by atoms with Crippen molar-refractivity contribution in [3.8, 4) is 0 Å². The van der Waals surface area contributed by atoms with E-state index in [2.05, 4.69) is 44.6 Å². The molecule has 3 rings (SSSR count). The van der Waals surface area contributed by atoms with Crippen molar-refractivity contribution in [3.05, 3.63) is 19.2 Å². The highest BCUT2D eigenvalue weighted by molar-refractivity contribution is 7.78. The van der Waals surface area contributed by atoms with E-state index in [0.29, 0.717) is 11.8 Å². The summed E-state index contributed by atoms with van der Waals surface area (Å²) in [5.74, 6) is 1.01. The number of nitrogens with zero attached hydrogens (tertiary/aromatic N) is 1. The Morgan fingerprint density at radius 2 is 1.89 bits per heavy atom. The van der Waals surface area contributed by atoms with Gasteiger partial charge in [0.05, 0.1) is 28.4 Å². The number of hydrogen-bond donors (Lipinski definition) is 2. The summed E-state index contributed by atoms with van der Waals surface area (Å²) >= 11 is 4.98. The molecule has 2 aliphatic carbocycles. The summed E-state index contributed by atoms with van der Waals surface area (Å²) < 4.78 is 6.61. The van der Waals surface area contributed by atoms with Crippen LogP contribution in [0.1, 0.15) is 66.2 Å². The summed E-state index contributed by atoms with van der Waals surface area (Å²) in [6.45, 7) is 12.6. The SMILES string of the molecule is C=C(C)[C@@H]1CC[C@](C)([C@H]2CC[C@](C)(N=C=S)[C@H]3CC[C@@](C)(O)[C@H]([NH2+][CH2-])[C@H]23)O1. The Morgan fingerprint density at radius 1 is 1.22 bits per heavy atom. The van der Waals surface area contributed by atoms with Gasteiger partial charge in [0.1, 0.15) is 5.60 Å². The predicted molar refractivity (Wildman–Crippen MR) is 111 cm³/mol. The minimum Gasteiger partial charge on any atom is -0.474 e. The summed E-state index contributed by atoms with van der Waals surface area (Å²) in [4.78, 5) is 4.64. The molecule has 2 saturated carbocycles. The fraction of sp³-hybridized carbons (Fsp3) is 0.818. The van der Waals surface area contributed by atoms with E-state index in [0.717, 1.165) is 44.1 Å². The van der Waals surface area contributed by atoms with Gasteiger partial charge in [-0.05, 0) is 90.3 Å². The maximum atomic E-state index is 11.2. The molecule has 0 radical (unpaired) electrons. The minimum absolute atomic E-state index is 0.0329. The Hall–Kier alpha value is -0.580. The molecule has 0 bridgehead atoms. The smallest absolute Gasteiger partial charge is 0.111 e. The van der Waals surface area contributed by atoms with Crippen molar-refractivity contribution in [2.75, 3.05) is 0 Å². The van der Waals surface area contributed by atoms with Crippen LogP contribution >= 0.6 is 12.2 Å². The Morgan fingerprint density at radius 3 is 2.44 bits per heavy atom. The number of fused-ring (bicyclic) bond motifs is 1. The van der Waals surface area contributed by atoms with Crippen LogP contribution < -0.4 is 5.32 Å². The second kappa shape index (κ2) is 7.35. The molecule has 1 saturated heterocycles. The van der Waals surface area contributed by atoms with Gasteiger partial charge >= 0.3 is 0 Å². The van der Waals surface area contributed by atoms with E-state index in [1.807, 2.05) is 12.2 Å². The van der Waals surface area contributed by atoms with E-state index in [-0.39, 0.29) is 29.2 Å². The molecule has 4 nitrogen and oxygen atoms in total. The molecular weight excluding hydrogens is 356 g/mol.